The Kier molecular flexibility index (Phi) is 7.57. The minimum atomic E-state index is -1.04. The maximum absolute atomic E-state index is 11.1. The molecule has 0 saturated heterocycles. The molecule has 88 valence electrons. The first-order valence-corrected chi connectivity index (χ1v) is 4.65. The Morgan fingerprint density at radius 1 is 1.13 bits per heavy atom. The van der Waals surface area contributed by atoms with Gasteiger partial charge >= 0.3 is 12.1 Å². The number of esters is 1. The van der Waals surface area contributed by atoms with E-state index in [1.807, 2.05) is 0 Å². The molecule has 0 aromatic rings. The average Bonchev–Trinajstić information content (AvgIpc) is 2.18. The summed E-state index contributed by atoms with van der Waals surface area (Å²) in [5.74, 6) is -0.742. The van der Waals surface area contributed by atoms with E-state index in [0.29, 0.717) is 13.2 Å². The number of hydrogen-bond donors (Lipinski definition) is 0. The average molecular weight is 220 g/mol. The van der Waals surface area contributed by atoms with Crippen molar-refractivity contribution in [1.82, 2.24) is 0 Å². The number of hydrogen-bond acceptors (Lipinski definition) is 6. The lowest BCUT2D eigenvalue weighted by molar-refractivity contribution is -0.165. The summed E-state index contributed by atoms with van der Waals surface area (Å²) < 4.78 is 18.6. The molecule has 0 saturated carbocycles. The van der Waals surface area contributed by atoms with Crippen LogP contribution in [0.15, 0.2) is 0 Å². The Morgan fingerprint density at radius 3 is 2.07 bits per heavy atom. The highest BCUT2D eigenvalue weighted by Gasteiger charge is 2.18. The second kappa shape index (κ2) is 8.19. The Hall–Kier alpha value is -1.14. The van der Waals surface area contributed by atoms with Crippen LogP contribution < -0.4 is 0 Å². The quantitative estimate of drug-likeness (QED) is 0.379. The molecule has 0 aromatic heterocycles. The van der Waals surface area contributed by atoms with Crippen molar-refractivity contribution >= 4 is 12.1 Å². The first-order chi connectivity index (χ1) is 7.13. The fourth-order valence-electron chi connectivity index (χ4n) is 0.850. The molecule has 0 atom stereocenters. The second-order valence-corrected chi connectivity index (χ2v) is 2.47. The summed E-state index contributed by atoms with van der Waals surface area (Å²) in [5.41, 5.74) is 0. The van der Waals surface area contributed by atoms with Gasteiger partial charge in [-0.15, -0.1) is 0 Å². The number of carbonyl (C=O) groups excluding carboxylic acids is 2. The molecule has 0 spiro atoms. The summed E-state index contributed by atoms with van der Waals surface area (Å²) in [6.45, 7) is 4.38. The third kappa shape index (κ3) is 6.87. The van der Waals surface area contributed by atoms with E-state index in [2.05, 4.69) is 9.47 Å². The van der Waals surface area contributed by atoms with Gasteiger partial charge in [-0.25, -0.2) is 4.79 Å². The topological polar surface area (TPSA) is 71.1 Å². The van der Waals surface area contributed by atoms with Crippen LogP contribution in [0.2, 0.25) is 0 Å². The van der Waals surface area contributed by atoms with Crippen molar-refractivity contribution in [3.8, 4) is 0 Å². The predicted molar refractivity (Wildman–Crippen MR) is 50.2 cm³/mol. The van der Waals surface area contributed by atoms with E-state index in [0.717, 1.165) is 7.11 Å². The van der Waals surface area contributed by atoms with Crippen molar-refractivity contribution in [2.45, 2.75) is 26.6 Å². The summed E-state index contributed by atoms with van der Waals surface area (Å²) in [6, 6.07) is 0. The van der Waals surface area contributed by atoms with Gasteiger partial charge in [0.2, 0.25) is 0 Å². The summed E-state index contributed by atoms with van der Waals surface area (Å²) in [5, 5.41) is 0. The number of carbonyl (C=O) groups is 2. The Labute approximate surface area is 88.4 Å². The van der Waals surface area contributed by atoms with Crippen LogP contribution >= 0.6 is 0 Å². The van der Waals surface area contributed by atoms with Gasteiger partial charge in [0.25, 0.3) is 0 Å². The van der Waals surface area contributed by atoms with Gasteiger partial charge in [-0.1, -0.05) is 0 Å². The van der Waals surface area contributed by atoms with Crippen molar-refractivity contribution in [3.05, 3.63) is 0 Å². The smallest absolute Gasteiger partial charge is 0.437 e. The zero-order valence-electron chi connectivity index (χ0n) is 9.15. The SMILES string of the molecule is CCOC(CC(=O)OC(=O)OC)OCC. The van der Waals surface area contributed by atoms with Crippen LogP contribution in [0.1, 0.15) is 20.3 Å². The molecule has 0 radical (unpaired) electrons. The molecule has 0 rings (SSSR count). The number of rotatable bonds is 6. The minimum Gasteiger partial charge on any atom is -0.437 e. The van der Waals surface area contributed by atoms with E-state index in [4.69, 9.17) is 9.47 Å². The van der Waals surface area contributed by atoms with E-state index in [9.17, 15) is 9.59 Å². The van der Waals surface area contributed by atoms with Crippen molar-refractivity contribution in [2.24, 2.45) is 0 Å². The summed E-state index contributed by atoms with van der Waals surface area (Å²) in [6.07, 6.45) is -1.86. The first-order valence-electron chi connectivity index (χ1n) is 4.65. The lowest BCUT2D eigenvalue weighted by Crippen LogP contribution is -2.24. The molecule has 6 nitrogen and oxygen atoms in total. The van der Waals surface area contributed by atoms with Gasteiger partial charge < -0.3 is 18.9 Å². The molecule has 0 heterocycles. The lowest BCUT2D eigenvalue weighted by atomic mass is 10.4. The molecule has 0 bridgehead atoms. The third-order valence-electron chi connectivity index (χ3n) is 1.40. The van der Waals surface area contributed by atoms with E-state index >= 15 is 0 Å². The largest absolute Gasteiger partial charge is 0.515 e. The van der Waals surface area contributed by atoms with Crippen molar-refractivity contribution in [3.63, 3.8) is 0 Å². The van der Waals surface area contributed by atoms with Crippen LogP contribution in [-0.2, 0) is 23.7 Å². The second-order valence-electron chi connectivity index (χ2n) is 2.47. The standard InChI is InChI=1S/C9H16O6/c1-4-13-8(14-5-2)6-7(10)15-9(11)12-3/h8H,4-6H2,1-3H3. The molecule has 0 fully saturated rings. The van der Waals surface area contributed by atoms with E-state index < -0.39 is 18.4 Å². The van der Waals surface area contributed by atoms with Crippen molar-refractivity contribution in [1.29, 1.82) is 0 Å². The molecule has 0 unspecified atom stereocenters. The highest BCUT2D eigenvalue weighted by atomic mass is 16.7. The maximum Gasteiger partial charge on any atom is 0.515 e. The van der Waals surface area contributed by atoms with Gasteiger partial charge in [0.05, 0.1) is 13.5 Å². The molecular formula is C9H16O6. The predicted octanol–water partition coefficient (Wildman–Crippen LogP) is 1.09. The Balaban J connectivity index is 3.93. The van der Waals surface area contributed by atoms with E-state index in [1.165, 1.54) is 0 Å². The number of ether oxygens (including phenoxy) is 4. The molecule has 6 heteroatoms. The van der Waals surface area contributed by atoms with Crippen LogP contribution in [0.3, 0.4) is 0 Å². The lowest BCUT2D eigenvalue weighted by Gasteiger charge is -2.15. The van der Waals surface area contributed by atoms with E-state index in [-0.39, 0.29) is 6.42 Å². The van der Waals surface area contributed by atoms with Gasteiger partial charge in [-0.2, -0.15) is 0 Å². The fourth-order valence-corrected chi connectivity index (χ4v) is 0.850. The maximum atomic E-state index is 11.1. The highest BCUT2D eigenvalue weighted by Crippen LogP contribution is 2.03. The molecule has 0 aliphatic heterocycles. The summed E-state index contributed by atoms with van der Waals surface area (Å²) in [7, 11) is 1.12. The normalized spacial score (nSPS) is 10.1. The zero-order valence-corrected chi connectivity index (χ0v) is 9.15. The van der Waals surface area contributed by atoms with Gasteiger partial charge in [0.1, 0.15) is 0 Å². The van der Waals surface area contributed by atoms with Gasteiger partial charge in [0, 0.05) is 13.2 Å². The highest BCUT2D eigenvalue weighted by molar-refractivity contribution is 5.81. The molecular weight excluding hydrogens is 204 g/mol. The first kappa shape index (κ1) is 13.9. The molecule has 0 N–H and O–H groups in total. The van der Waals surface area contributed by atoms with Crippen LogP contribution in [-0.4, -0.2) is 38.7 Å². The van der Waals surface area contributed by atoms with Crippen molar-refractivity contribution in [2.75, 3.05) is 20.3 Å². The minimum absolute atomic E-state index is 0.142. The molecule has 0 aromatic carbocycles. The van der Waals surface area contributed by atoms with Crippen LogP contribution in [0.5, 0.6) is 0 Å². The van der Waals surface area contributed by atoms with Gasteiger partial charge in [-0.05, 0) is 13.8 Å². The van der Waals surface area contributed by atoms with Crippen LogP contribution in [0, 0.1) is 0 Å². The molecule has 0 aliphatic carbocycles. The molecule has 0 aliphatic rings. The zero-order chi connectivity index (χ0) is 11.7. The van der Waals surface area contributed by atoms with Crippen LogP contribution in [0.4, 0.5) is 4.79 Å². The monoisotopic (exact) mass is 220 g/mol. The van der Waals surface area contributed by atoms with Gasteiger partial charge in [-0.3, -0.25) is 4.79 Å². The molecule has 15 heavy (non-hydrogen) atoms. The molecule has 0 amide bonds. The van der Waals surface area contributed by atoms with Crippen molar-refractivity contribution < 1.29 is 28.5 Å². The number of methoxy groups -OCH3 is 1. The summed E-state index contributed by atoms with van der Waals surface area (Å²) >= 11 is 0. The Bertz CT molecular complexity index is 197. The van der Waals surface area contributed by atoms with Gasteiger partial charge in [0.15, 0.2) is 6.29 Å². The van der Waals surface area contributed by atoms with Crippen LogP contribution in [0.25, 0.3) is 0 Å². The third-order valence-corrected chi connectivity index (χ3v) is 1.40. The van der Waals surface area contributed by atoms with E-state index in [1.54, 1.807) is 13.8 Å². The Morgan fingerprint density at radius 2 is 1.67 bits per heavy atom. The fraction of sp³-hybridized carbons (Fsp3) is 0.778. The summed E-state index contributed by atoms with van der Waals surface area (Å²) in [4.78, 5) is 21.7.